The molecule has 1 fully saturated rings. The molecule has 0 amide bonds. The van der Waals surface area contributed by atoms with Crippen LogP contribution < -0.4 is 0 Å². The number of nitrogens with zero attached hydrogens (tertiary/aromatic N) is 1. The van der Waals surface area contributed by atoms with Crippen LogP contribution in [0.15, 0.2) is 60.7 Å². The molecule has 6 nitrogen and oxygen atoms in total. The third kappa shape index (κ3) is 11.9. The summed E-state index contributed by atoms with van der Waals surface area (Å²) in [6.07, 6.45) is -0.915. The molecular formula is C32H57NO5Si4. The fourth-order valence-electron chi connectivity index (χ4n) is 5.42. The summed E-state index contributed by atoms with van der Waals surface area (Å²) in [7, 11) is -8.13. The lowest BCUT2D eigenvalue weighted by atomic mass is 9.96. The van der Waals surface area contributed by atoms with Gasteiger partial charge < -0.3 is 22.4 Å². The van der Waals surface area contributed by atoms with E-state index in [-0.39, 0.29) is 12.2 Å². The van der Waals surface area contributed by atoms with Crippen molar-refractivity contribution in [3.63, 3.8) is 0 Å². The molecule has 42 heavy (non-hydrogen) atoms. The van der Waals surface area contributed by atoms with E-state index >= 15 is 0 Å². The van der Waals surface area contributed by atoms with Gasteiger partial charge in [0.25, 0.3) is 0 Å². The van der Waals surface area contributed by atoms with Crippen LogP contribution in [-0.4, -0.2) is 75.4 Å². The Hall–Kier alpha value is -0.932. The van der Waals surface area contributed by atoms with Crippen LogP contribution in [0.5, 0.6) is 0 Å². The van der Waals surface area contributed by atoms with Crippen molar-refractivity contribution in [3.8, 4) is 0 Å². The van der Waals surface area contributed by atoms with Crippen molar-refractivity contribution in [2.24, 2.45) is 0 Å². The molecule has 2 aromatic rings. The molecule has 0 unspecified atom stereocenters. The van der Waals surface area contributed by atoms with Crippen LogP contribution in [0.1, 0.15) is 11.1 Å². The lowest BCUT2D eigenvalue weighted by Crippen LogP contribution is -2.72. The van der Waals surface area contributed by atoms with E-state index in [1.165, 1.54) is 11.1 Å². The Morgan fingerprint density at radius 2 is 1.10 bits per heavy atom. The minimum atomic E-state index is -2.13. The van der Waals surface area contributed by atoms with Crippen molar-refractivity contribution in [2.75, 3.05) is 13.2 Å². The minimum Gasteiger partial charge on any atom is -0.410 e. The Morgan fingerprint density at radius 3 is 1.50 bits per heavy atom. The molecule has 10 heteroatoms. The fraction of sp³-hybridized carbons (Fsp3) is 0.625. The second kappa shape index (κ2) is 14.0. The van der Waals surface area contributed by atoms with Gasteiger partial charge in [-0.15, -0.1) is 0 Å². The van der Waals surface area contributed by atoms with Crippen molar-refractivity contribution in [3.05, 3.63) is 71.8 Å². The molecule has 0 aromatic heterocycles. The Bertz CT molecular complexity index is 1050. The molecular weight excluding hydrogens is 591 g/mol. The summed E-state index contributed by atoms with van der Waals surface area (Å²) in [4.78, 5) is 2.46. The SMILES string of the molecule is C[Si](C)(C)O[C@@H]1[C@H](O[Si](C)(C)C)CO[C@@](CN(Cc2ccccc2)Cc2ccccc2)(O[Si](C)(C)C)[C@H]1O[Si](C)(C)C. The molecule has 0 aliphatic carbocycles. The molecule has 236 valence electrons. The zero-order chi connectivity index (χ0) is 31.4. The monoisotopic (exact) mass is 647 g/mol. The standard InChI is InChI=1S/C32H57NO5Si4/c1-39(2,3)35-29-25-34-32(38-42(10,11)12,31(37-41(7,8)9)30(29)36-40(4,5)6)26-33(23-27-19-15-13-16-20-27)24-28-21-17-14-18-22-28/h13-22,29-31H,23-26H2,1-12H3/t29-,30-,31+,32+/m1/s1. The van der Waals surface area contributed by atoms with E-state index in [2.05, 4.69) is 144 Å². The third-order valence-corrected chi connectivity index (χ3v) is 10.4. The predicted octanol–water partition coefficient (Wildman–Crippen LogP) is 7.93. The number of ether oxygens (including phenoxy) is 1. The first-order valence-electron chi connectivity index (χ1n) is 15.4. The lowest BCUT2D eigenvalue weighted by Gasteiger charge is -2.55. The normalized spacial score (nSPS) is 24.3. The average Bonchev–Trinajstić information content (AvgIpc) is 2.81. The highest BCUT2D eigenvalue weighted by molar-refractivity contribution is 6.71. The van der Waals surface area contributed by atoms with Crippen molar-refractivity contribution in [2.45, 2.75) is 116 Å². The number of hydrogen-bond acceptors (Lipinski definition) is 6. The first kappa shape index (κ1) is 35.5. The lowest BCUT2D eigenvalue weighted by molar-refractivity contribution is -0.307. The number of benzene rings is 2. The average molecular weight is 648 g/mol. The molecule has 0 radical (unpaired) electrons. The fourth-order valence-corrected chi connectivity index (χ4v) is 9.97. The van der Waals surface area contributed by atoms with Gasteiger partial charge >= 0.3 is 0 Å². The van der Waals surface area contributed by atoms with Gasteiger partial charge in [-0.05, 0) is 89.7 Å². The molecule has 1 aliphatic heterocycles. The summed E-state index contributed by atoms with van der Waals surface area (Å²) in [5.74, 6) is -1.00. The first-order valence-corrected chi connectivity index (χ1v) is 29.0. The molecule has 0 saturated carbocycles. The molecule has 3 rings (SSSR count). The number of rotatable bonds is 14. The highest BCUT2D eigenvalue weighted by Gasteiger charge is 2.58. The molecule has 1 aliphatic rings. The van der Waals surface area contributed by atoms with E-state index in [1.807, 2.05) is 0 Å². The maximum Gasteiger partial charge on any atom is 0.200 e. The zero-order valence-corrected chi connectivity index (χ0v) is 32.3. The zero-order valence-electron chi connectivity index (χ0n) is 28.3. The summed E-state index contributed by atoms with van der Waals surface area (Å²) in [6.45, 7) is 29.4. The largest absolute Gasteiger partial charge is 0.410 e. The maximum atomic E-state index is 7.22. The van der Waals surface area contributed by atoms with Gasteiger partial charge in [0.2, 0.25) is 0 Å². The molecule has 1 heterocycles. The Kier molecular flexibility index (Phi) is 11.9. The predicted molar refractivity (Wildman–Crippen MR) is 185 cm³/mol. The summed E-state index contributed by atoms with van der Waals surface area (Å²) >= 11 is 0. The van der Waals surface area contributed by atoms with Crippen LogP contribution in [0.3, 0.4) is 0 Å². The quantitative estimate of drug-likeness (QED) is 0.194. The van der Waals surface area contributed by atoms with Gasteiger partial charge in [0.05, 0.1) is 19.3 Å². The van der Waals surface area contributed by atoms with Crippen LogP contribution in [0.25, 0.3) is 0 Å². The highest BCUT2D eigenvalue weighted by Crippen LogP contribution is 2.39. The maximum absolute atomic E-state index is 7.22. The number of hydrogen-bond donors (Lipinski definition) is 0. The van der Waals surface area contributed by atoms with E-state index in [1.54, 1.807) is 0 Å². The van der Waals surface area contributed by atoms with Gasteiger partial charge in [-0.25, -0.2) is 0 Å². The van der Waals surface area contributed by atoms with Crippen molar-refractivity contribution >= 4 is 33.3 Å². The van der Waals surface area contributed by atoms with Gasteiger partial charge in [-0.3, -0.25) is 4.90 Å². The van der Waals surface area contributed by atoms with E-state index in [0.29, 0.717) is 13.2 Å². The van der Waals surface area contributed by atoms with Gasteiger partial charge in [0, 0.05) is 13.1 Å². The third-order valence-electron chi connectivity index (χ3n) is 6.49. The van der Waals surface area contributed by atoms with Crippen LogP contribution in [0.2, 0.25) is 78.6 Å². The van der Waals surface area contributed by atoms with Crippen LogP contribution in [0, 0.1) is 0 Å². The summed E-state index contributed by atoms with van der Waals surface area (Å²) < 4.78 is 35.2. The minimum absolute atomic E-state index is 0.209. The summed E-state index contributed by atoms with van der Waals surface area (Å²) in [5.41, 5.74) is 2.51. The van der Waals surface area contributed by atoms with Gasteiger partial charge in [-0.1, -0.05) is 60.7 Å². The topological polar surface area (TPSA) is 49.4 Å². The van der Waals surface area contributed by atoms with Crippen LogP contribution in [-0.2, 0) is 35.5 Å². The molecule has 2 aromatic carbocycles. The van der Waals surface area contributed by atoms with Gasteiger partial charge in [-0.2, -0.15) is 0 Å². The van der Waals surface area contributed by atoms with E-state index in [4.69, 9.17) is 22.4 Å². The summed E-state index contributed by atoms with van der Waals surface area (Å²) in [5, 5.41) is 0. The van der Waals surface area contributed by atoms with E-state index < -0.39 is 45.2 Å². The Morgan fingerprint density at radius 1 is 0.643 bits per heavy atom. The van der Waals surface area contributed by atoms with Crippen molar-refractivity contribution in [1.82, 2.24) is 4.90 Å². The summed E-state index contributed by atoms with van der Waals surface area (Å²) in [6, 6.07) is 21.3. The Balaban J connectivity index is 2.15. The second-order valence-electron chi connectivity index (χ2n) is 15.6. The second-order valence-corrected chi connectivity index (χ2v) is 33.4. The molecule has 0 bridgehead atoms. The van der Waals surface area contributed by atoms with E-state index in [9.17, 15) is 0 Å². The van der Waals surface area contributed by atoms with Crippen LogP contribution in [0.4, 0.5) is 0 Å². The van der Waals surface area contributed by atoms with Gasteiger partial charge in [0.15, 0.2) is 39.1 Å². The molecule has 0 spiro atoms. The van der Waals surface area contributed by atoms with Crippen molar-refractivity contribution in [1.29, 1.82) is 0 Å². The molecule has 4 atom stereocenters. The Labute approximate surface area is 260 Å². The van der Waals surface area contributed by atoms with Gasteiger partial charge in [0.1, 0.15) is 12.2 Å². The highest BCUT2D eigenvalue weighted by atomic mass is 28.4. The first-order chi connectivity index (χ1) is 19.2. The van der Waals surface area contributed by atoms with E-state index in [0.717, 1.165) is 13.1 Å². The molecule has 1 saturated heterocycles. The van der Waals surface area contributed by atoms with Crippen LogP contribution >= 0.6 is 0 Å². The molecule has 0 N–H and O–H groups in total. The smallest absolute Gasteiger partial charge is 0.200 e. The van der Waals surface area contributed by atoms with Crippen molar-refractivity contribution < 1.29 is 22.4 Å².